The van der Waals surface area contributed by atoms with Gasteiger partial charge >= 0.3 is 0 Å². The second-order valence-corrected chi connectivity index (χ2v) is 9.02. The molecule has 2 aromatic heterocycles. The van der Waals surface area contributed by atoms with E-state index in [4.69, 9.17) is 11.6 Å². The number of nitrogens with zero attached hydrogens (tertiary/aromatic N) is 4. The predicted octanol–water partition coefficient (Wildman–Crippen LogP) is 3.76. The minimum Gasteiger partial charge on any atom is -0.351 e. The van der Waals surface area contributed by atoms with Crippen molar-refractivity contribution in [2.24, 2.45) is 5.92 Å². The number of hydrogen-bond donors (Lipinski definition) is 1. The van der Waals surface area contributed by atoms with Crippen LogP contribution in [0.15, 0.2) is 58.5 Å². The summed E-state index contributed by atoms with van der Waals surface area (Å²) in [7, 11) is 0. The van der Waals surface area contributed by atoms with Gasteiger partial charge in [-0.2, -0.15) is 0 Å². The van der Waals surface area contributed by atoms with Gasteiger partial charge < -0.3 is 5.32 Å². The molecular formula is C22H22ClN5O2S. The topological polar surface area (TPSA) is 81.3 Å². The average molecular weight is 456 g/mol. The number of hydrogen-bond acceptors (Lipinski definition) is 5. The first-order chi connectivity index (χ1) is 14.9. The van der Waals surface area contributed by atoms with E-state index in [2.05, 4.69) is 29.4 Å². The number of fused-ring (bicyclic) bond motifs is 3. The van der Waals surface area contributed by atoms with E-state index in [0.29, 0.717) is 34.4 Å². The lowest BCUT2D eigenvalue weighted by Crippen LogP contribution is -2.26. The molecular weight excluding hydrogens is 434 g/mol. The number of thioether (sulfide) groups is 1. The zero-order chi connectivity index (χ0) is 22.0. The number of carbonyl (C=O) groups is 1. The van der Waals surface area contributed by atoms with Gasteiger partial charge in [0.25, 0.3) is 5.56 Å². The molecule has 0 unspecified atom stereocenters. The molecule has 4 rings (SSSR count). The molecule has 7 nitrogen and oxygen atoms in total. The van der Waals surface area contributed by atoms with Crippen LogP contribution < -0.4 is 10.9 Å². The van der Waals surface area contributed by atoms with Crippen LogP contribution in [0, 0.1) is 5.92 Å². The van der Waals surface area contributed by atoms with Crippen molar-refractivity contribution in [2.75, 3.05) is 5.75 Å². The van der Waals surface area contributed by atoms with Crippen LogP contribution in [0.4, 0.5) is 0 Å². The van der Waals surface area contributed by atoms with E-state index in [1.165, 1.54) is 11.8 Å². The Bertz CT molecular complexity index is 1300. The fourth-order valence-electron chi connectivity index (χ4n) is 3.34. The van der Waals surface area contributed by atoms with Gasteiger partial charge in [-0.3, -0.25) is 18.6 Å². The highest BCUT2D eigenvalue weighted by molar-refractivity contribution is 7.99. The molecule has 2 aromatic carbocycles. The van der Waals surface area contributed by atoms with Crippen LogP contribution in [-0.2, 0) is 17.9 Å². The molecule has 0 saturated carbocycles. The second-order valence-electron chi connectivity index (χ2n) is 7.64. The summed E-state index contributed by atoms with van der Waals surface area (Å²) in [5.74, 6) is 0.832. The van der Waals surface area contributed by atoms with Gasteiger partial charge in [0.15, 0.2) is 5.16 Å². The van der Waals surface area contributed by atoms with Crippen molar-refractivity contribution in [3.8, 4) is 0 Å². The maximum absolute atomic E-state index is 13.0. The van der Waals surface area contributed by atoms with Gasteiger partial charge in [0, 0.05) is 18.1 Å². The summed E-state index contributed by atoms with van der Waals surface area (Å²) in [6, 6.07) is 14.7. The van der Waals surface area contributed by atoms with Crippen LogP contribution in [0.25, 0.3) is 16.7 Å². The number of carbonyl (C=O) groups excluding carboxylic acids is 1. The number of benzene rings is 2. The summed E-state index contributed by atoms with van der Waals surface area (Å²) in [5.41, 5.74) is 1.62. The number of rotatable bonds is 7. The van der Waals surface area contributed by atoms with Gasteiger partial charge in [-0.1, -0.05) is 61.5 Å². The standard InChI is InChI=1S/C22H22ClN5O2S/c1-14(2)12-27-20(30)17-5-3-4-6-18(17)28-21(27)25-26-22(28)31-13-19(29)24-11-15-7-9-16(23)10-8-15/h3-10,14H,11-13H2,1-2H3,(H,24,29). The van der Waals surface area contributed by atoms with Gasteiger partial charge in [0.2, 0.25) is 11.7 Å². The normalized spacial score (nSPS) is 11.5. The van der Waals surface area contributed by atoms with Crippen molar-refractivity contribution in [2.45, 2.75) is 32.1 Å². The third-order valence-electron chi connectivity index (χ3n) is 4.76. The molecule has 0 fully saturated rings. The van der Waals surface area contributed by atoms with E-state index in [1.54, 1.807) is 22.8 Å². The zero-order valence-electron chi connectivity index (χ0n) is 17.2. The molecule has 0 aliphatic rings. The summed E-state index contributed by atoms with van der Waals surface area (Å²) in [5, 5.41) is 13.3. The quantitative estimate of drug-likeness (QED) is 0.429. The Kier molecular flexibility index (Phi) is 6.29. The third kappa shape index (κ3) is 4.60. The fraction of sp³-hybridized carbons (Fsp3) is 0.273. The van der Waals surface area contributed by atoms with Crippen LogP contribution >= 0.6 is 23.4 Å². The summed E-state index contributed by atoms with van der Waals surface area (Å²) in [6.45, 7) is 5.07. The Morgan fingerprint density at radius 2 is 1.87 bits per heavy atom. The number of halogens is 1. The van der Waals surface area contributed by atoms with Crippen LogP contribution in [0.2, 0.25) is 5.02 Å². The first-order valence-corrected chi connectivity index (χ1v) is 11.3. The minimum absolute atomic E-state index is 0.0820. The number of amides is 1. The molecule has 160 valence electrons. The van der Waals surface area contributed by atoms with Crippen molar-refractivity contribution in [1.29, 1.82) is 0 Å². The highest BCUT2D eigenvalue weighted by Gasteiger charge is 2.18. The van der Waals surface area contributed by atoms with E-state index >= 15 is 0 Å². The Labute approximate surface area is 188 Å². The summed E-state index contributed by atoms with van der Waals surface area (Å²) in [6.07, 6.45) is 0. The molecule has 4 aromatic rings. The third-order valence-corrected chi connectivity index (χ3v) is 5.94. The molecule has 1 N–H and O–H groups in total. The molecule has 0 saturated heterocycles. The molecule has 0 aliphatic heterocycles. The molecule has 2 heterocycles. The minimum atomic E-state index is -0.114. The first kappa shape index (κ1) is 21.4. The van der Waals surface area contributed by atoms with Gasteiger partial charge in [0.05, 0.1) is 16.7 Å². The first-order valence-electron chi connectivity index (χ1n) is 9.94. The molecule has 9 heteroatoms. The highest BCUT2D eigenvalue weighted by atomic mass is 35.5. The maximum Gasteiger partial charge on any atom is 0.262 e. The molecule has 0 aliphatic carbocycles. The maximum atomic E-state index is 13.0. The van der Waals surface area contributed by atoms with Crippen LogP contribution in [-0.4, -0.2) is 30.8 Å². The second kappa shape index (κ2) is 9.11. The molecule has 0 spiro atoms. The van der Waals surface area contributed by atoms with E-state index in [0.717, 1.165) is 11.1 Å². The summed E-state index contributed by atoms with van der Waals surface area (Å²) >= 11 is 7.18. The monoisotopic (exact) mass is 455 g/mol. The van der Waals surface area contributed by atoms with E-state index in [9.17, 15) is 9.59 Å². The largest absolute Gasteiger partial charge is 0.351 e. The lowest BCUT2D eigenvalue weighted by atomic mass is 10.2. The molecule has 31 heavy (non-hydrogen) atoms. The smallest absolute Gasteiger partial charge is 0.262 e. The van der Waals surface area contributed by atoms with Crippen molar-refractivity contribution in [3.05, 3.63) is 69.5 Å². The Morgan fingerprint density at radius 3 is 2.61 bits per heavy atom. The van der Waals surface area contributed by atoms with Crippen molar-refractivity contribution in [1.82, 2.24) is 24.5 Å². The average Bonchev–Trinajstić information content (AvgIpc) is 3.18. The summed E-state index contributed by atoms with van der Waals surface area (Å²) < 4.78 is 3.51. The van der Waals surface area contributed by atoms with Crippen LogP contribution in [0.3, 0.4) is 0 Å². The van der Waals surface area contributed by atoms with E-state index < -0.39 is 0 Å². The molecule has 0 bridgehead atoms. The SMILES string of the molecule is CC(C)Cn1c(=O)c2ccccc2n2c(SCC(=O)NCc3ccc(Cl)cc3)nnc12. The van der Waals surface area contributed by atoms with Gasteiger partial charge in [-0.25, -0.2) is 0 Å². The van der Waals surface area contributed by atoms with E-state index in [1.807, 2.05) is 34.7 Å². The highest BCUT2D eigenvalue weighted by Crippen LogP contribution is 2.22. The Morgan fingerprint density at radius 1 is 1.13 bits per heavy atom. The molecule has 0 radical (unpaired) electrons. The van der Waals surface area contributed by atoms with Crippen molar-refractivity contribution < 1.29 is 4.79 Å². The predicted molar refractivity (Wildman–Crippen MR) is 124 cm³/mol. The Balaban J connectivity index is 1.58. The molecule has 0 atom stereocenters. The van der Waals surface area contributed by atoms with Crippen molar-refractivity contribution in [3.63, 3.8) is 0 Å². The van der Waals surface area contributed by atoms with Gasteiger partial charge in [-0.15, -0.1) is 10.2 Å². The fourth-order valence-corrected chi connectivity index (χ4v) is 4.24. The van der Waals surface area contributed by atoms with Gasteiger partial charge in [-0.05, 0) is 35.7 Å². The van der Waals surface area contributed by atoms with E-state index in [-0.39, 0.29) is 23.1 Å². The lowest BCUT2D eigenvalue weighted by molar-refractivity contribution is -0.118. The lowest BCUT2D eigenvalue weighted by Gasteiger charge is -2.12. The van der Waals surface area contributed by atoms with Crippen molar-refractivity contribution >= 4 is 46.0 Å². The van der Waals surface area contributed by atoms with Crippen LogP contribution in [0.5, 0.6) is 0 Å². The number of para-hydroxylation sites is 1. The zero-order valence-corrected chi connectivity index (χ0v) is 18.8. The van der Waals surface area contributed by atoms with Gasteiger partial charge in [0.1, 0.15) is 0 Å². The number of aromatic nitrogens is 4. The number of nitrogens with one attached hydrogen (secondary N) is 1. The molecule has 1 amide bonds. The van der Waals surface area contributed by atoms with Crippen LogP contribution in [0.1, 0.15) is 19.4 Å². The summed E-state index contributed by atoms with van der Waals surface area (Å²) in [4.78, 5) is 25.4. The Hall–Kier alpha value is -2.84.